The van der Waals surface area contributed by atoms with Crippen molar-refractivity contribution in [2.45, 2.75) is 6.42 Å². The molecule has 0 bridgehead atoms. The number of ether oxygens (including phenoxy) is 1. The van der Waals surface area contributed by atoms with Crippen LogP contribution in [-0.2, 0) is 0 Å². The number of nitriles is 1. The van der Waals surface area contributed by atoms with Crippen LogP contribution in [0.25, 0.3) is 0 Å². The summed E-state index contributed by atoms with van der Waals surface area (Å²) in [6.07, 6.45) is 0.542. The maximum atomic E-state index is 8.49. The van der Waals surface area contributed by atoms with Gasteiger partial charge in [0.2, 0.25) is 0 Å². The molecule has 1 rings (SSSR count). The average Bonchev–Trinajstić information content (AvgIpc) is 2.43. The lowest BCUT2D eigenvalue weighted by molar-refractivity contribution is 0.240. The van der Waals surface area contributed by atoms with Crippen LogP contribution in [-0.4, -0.2) is 38.2 Å². The molecular formula is C15H19N3O. The van der Waals surface area contributed by atoms with Gasteiger partial charge in [-0.3, -0.25) is 0 Å². The minimum Gasteiger partial charge on any atom is -0.492 e. The number of hydrogen-bond donors (Lipinski definition) is 1. The minimum atomic E-state index is 0.356. The van der Waals surface area contributed by atoms with Crippen LogP contribution in [0.2, 0.25) is 0 Å². The second-order valence-electron chi connectivity index (χ2n) is 4.09. The normalized spacial score (nSPS) is 9.58. The lowest BCUT2D eigenvalue weighted by atomic mass is 10.2. The van der Waals surface area contributed by atoms with E-state index in [1.54, 1.807) is 0 Å². The number of rotatable bonds is 6. The molecule has 2 N–H and O–H groups in total. The molecule has 0 saturated heterocycles. The fourth-order valence-corrected chi connectivity index (χ4v) is 1.49. The maximum Gasteiger partial charge on any atom is 0.120 e. The van der Waals surface area contributed by atoms with Gasteiger partial charge in [-0.05, 0) is 25.2 Å². The first kappa shape index (κ1) is 15.0. The molecule has 4 heteroatoms. The number of nitrogens with zero attached hydrogens (tertiary/aromatic N) is 2. The summed E-state index contributed by atoms with van der Waals surface area (Å²) in [5.41, 5.74) is 6.24. The van der Waals surface area contributed by atoms with Crippen LogP contribution in [0.3, 0.4) is 0 Å². The van der Waals surface area contributed by atoms with Crippen LogP contribution in [0, 0.1) is 23.2 Å². The highest BCUT2D eigenvalue weighted by Crippen LogP contribution is 2.12. The Morgan fingerprint density at radius 1 is 1.37 bits per heavy atom. The standard InChI is InChI=1S/C15H19N3O/c1-18(10-4-9-17)11-12-19-15-7-2-5-14(13-15)6-3-8-16/h2,5,7,13H,4,8,10-12,16H2,1H3. The van der Waals surface area contributed by atoms with Crippen molar-refractivity contribution in [3.05, 3.63) is 29.8 Å². The molecular weight excluding hydrogens is 238 g/mol. The maximum absolute atomic E-state index is 8.49. The summed E-state index contributed by atoms with van der Waals surface area (Å²) < 4.78 is 5.65. The third-order valence-corrected chi connectivity index (χ3v) is 2.52. The van der Waals surface area contributed by atoms with E-state index in [-0.39, 0.29) is 0 Å². The highest BCUT2D eigenvalue weighted by Gasteiger charge is 1.99. The van der Waals surface area contributed by atoms with Gasteiger partial charge in [0.15, 0.2) is 0 Å². The van der Waals surface area contributed by atoms with Gasteiger partial charge >= 0.3 is 0 Å². The Labute approximate surface area is 114 Å². The van der Waals surface area contributed by atoms with Crippen LogP contribution in [0.4, 0.5) is 0 Å². The molecule has 0 spiro atoms. The van der Waals surface area contributed by atoms with Gasteiger partial charge in [0.05, 0.1) is 12.6 Å². The molecule has 19 heavy (non-hydrogen) atoms. The Kier molecular flexibility index (Phi) is 7.12. The van der Waals surface area contributed by atoms with Gasteiger partial charge in [-0.2, -0.15) is 5.26 Å². The third kappa shape index (κ3) is 6.47. The summed E-state index contributed by atoms with van der Waals surface area (Å²) in [5, 5.41) is 8.49. The van der Waals surface area contributed by atoms with Crippen molar-refractivity contribution >= 4 is 0 Å². The average molecular weight is 257 g/mol. The van der Waals surface area contributed by atoms with Crippen molar-refractivity contribution in [3.8, 4) is 23.7 Å². The Bertz CT molecular complexity index is 482. The van der Waals surface area contributed by atoms with Crippen molar-refractivity contribution < 1.29 is 4.74 Å². The molecule has 0 aliphatic rings. The van der Waals surface area contributed by atoms with E-state index in [0.29, 0.717) is 19.6 Å². The second-order valence-corrected chi connectivity index (χ2v) is 4.09. The highest BCUT2D eigenvalue weighted by molar-refractivity contribution is 5.39. The van der Waals surface area contributed by atoms with Gasteiger partial charge in [0.25, 0.3) is 0 Å². The van der Waals surface area contributed by atoms with Gasteiger partial charge in [-0.25, -0.2) is 0 Å². The Balaban J connectivity index is 2.39. The number of likely N-dealkylation sites (N-methyl/N-ethyl adjacent to an activating group) is 1. The van der Waals surface area contributed by atoms with E-state index < -0.39 is 0 Å². The van der Waals surface area contributed by atoms with Gasteiger partial charge in [0, 0.05) is 25.1 Å². The first-order valence-corrected chi connectivity index (χ1v) is 6.23. The molecule has 0 aromatic heterocycles. The van der Waals surface area contributed by atoms with Crippen molar-refractivity contribution in [1.82, 2.24) is 4.90 Å². The topological polar surface area (TPSA) is 62.3 Å². The van der Waals surface area contributed by atoms with E-state index in [1.807, 2.05) is 31.3 Å². The van der Waals surface area contributed by atoms with Crippen LogP contribution >= 0.6 is 0 Å². The van der Waals surface area contributed by atoms with Crippen molar-refractivity contribution in [1.29, 1.82) is 5.26 Å². The van der Waals surface area contributed by atoms with E-state index in [0.717, 1.165) is 24.4 Å². The van der Waals surface area contributed by atoms with Crippen molar-refractivity contribution in [3.63, 3.8) is 0 Å². The zero-order valence-electron chi connectivity index (χ0n) is 11.2. The molecule has 100 valence electrons. The zero-order valence-corrected chi connectivity index (χ0v) is 11.2. The second kappa shape index (κ2) is 8.99. The Morgan fingerprint density at radius 2 is 2.21 bits per heavy atom. The van der Waals surface area contributed by atoms with Gasteiger partial charge in [-0.1, -0.05) is 17.9 Å². The Morgan fingerprint density at radius 3 is 2.95 bits per heavy atom. The SMILES string of the molecule is CN(CCC#N)CCOc1cccc(C#CCN)c1. The molecule has 0 heterocycles. The third-order valence-electron chi connectivity index (χ3n) is 2.52. The number of benzene rings is 1. The monoisotopic (exact) mass is 257 g/mol. The highest BCUT2D eigenvalue weighted by atomic mass is 16.5. The fraction of sp³-hybridized carbons (Fsp3) is 0.400. The van der Waals surface area contributed by atoms with Crippen molar-refractivity contribution in [2.24, 2.45) is 5.73 Å². The van der Waals surface area contributed by atoms with Crippen LogP contribution in [0.5, 0.6) is 5.75 Å². The Hall–Kier alpha value is -2.01. The summed E-state index contributed by atoms with van der Waals surface area (Å²) in [6.45, 7) is 2.51. The summed E-state index contributed by atoms with van der Waals surface area (Å²) in [4.78, 5) is 2.07. The van der Waals surface area contributed by atoms with Gasteiger partial charge in [0.1, 0.15) is 12.4 Å². The molecule has 0 fully saturated rings. The molecule has 0 unspecified atom stereocenters. The summed E-state index contributed by atoms with van der Waals surface area (Å²) in [6, 6.07) is 9.77. The van der Waals surface area contributed by atoms with E-state index in [1.165, 1.54) is 0 Å². The molecule has 0 atom stereocenters. The zero-order chi connectivity index (χ0) is 13.9. The smallest absolute Gasteiger partial charge is 0.120 e. The molecule has 4 nitrogen and oxygen atoms in total. The van der Waals surface area contributed by atoms with Crippen molar-refractivity contribution in [2.75, 3.05) is 33.3 Å². The van der Waals surface area contributed by atoms with Gasteiger partial charge in [-0.15, -0.1) is 0 Å². The lowest BCUT2D eigenvalue weighted by Gasteiger charge is -2.15. The summed E-state index contributed by atoms with van der Waals surface area (Å²) >= 11 is 0. The molecule has 0 saturated carbocycles. The summed E-state index contributed by atoms with van der Waals surface area (Å²) in [5.74, 6) is 6.59. The quantitative estimate of drug-likeness (QED) is 0.778. The fourth-order valence-electron chi connectivity index (χ4n) is 1.49. The van der Waals surface area contributed by atoms with E-state index >= 15 is 0 Å². The van der Waals surface area contributed by atoms with Crippen LogP contribution in [0.1, 0.15) is 12.0 Å². The number of nitrogens with two attached hydrogens (primary N) is 1. The molecule has 1 aromatic rings. The first-order chi connectivity index (χ1) is 9.26. The van der Waals surface area contributed by atoms with E-state index in [4.69, 9.17) is 15.7 Å². The molecule has 0 aliphatic heterocycles. The van der Waals surface area contributed by atoms with E-state index in [2.05, 4.69) is 22.8 Å². The first-order valence-electron chi connectivity index (χ1n) is 6.23. The molecule has 0 amide bonds. The van der Waals surface area contributed by atoms with Crippen LogP contribution in [0.15, 0.2) is 24.3 Å². The molecule has 0 radical (unpaired) electrons. The number of hydrogen-bond acceptors (Lipinski definition) is 4. The predicted octanol–water partition coefficient (Wildman–Crippen LogP) is 1.22. The van der Waals surface area contributed by atoms with Crippen LogP contribution < -0.4 is 10.5 Å². The summed E-state index contributed by atoms with van der Waals surface area (Å²) in [7, 11) is 1.98. The predicted molar refractivity (Wildman–Crippen MR) is 75.6 cm³/mol. The lowest BCUT2D eigenvalue weighted by Crippen LogP contribution is -2.25. The van der Waals surface area contributed by atoms with E-state index in [9.17, 15) is 0 Å². The molecule has 0 aliphatic carbocycles. The van der Waals surface area contributed by atoms with Gasteiger partial charge < -0.3 is 15.4 Å². The minimum absolute atomic E-state index is 0.356. The molecule has 1 aromatic carbocycles. The largest absolute Gasteiger partial charge is 0.492 e.